The van der Waals surface area contributed by atoms with E-state index in [1.807, 2.05) is 13.8 Å². The van der Waals surface area contributed by atoms with Crippen LogP contribution in [0, 0.1) is 0 Å². The summed E-state index contributed by atoms with van der Waals surface area (Å²) < 4.78 is 1.52. The summed E-state index contributed by atoms with van der Waals surface area (Å²) in [5.41, 5.74) is 0.968. The minimum absolute atomic E-state index is 0.0406. The van der Waals surface area contributed by atoms with E-state index in [-0.39, 0.29) is 23.5 Å². The third-order valence-electron chi connectivity index (χ3n) is 4.75. The number of carbonyl (C=O) groups excluding carboxylic acids is 2. The summed E-state index contributed by atoms with van der Waals surface area (Å²) in [5, 5.41) is 7.16. The van der Waals surface area contributed by atoms with Gasteiger partial charge < -0.3 is 5.32 Å². The second-order valence-corrected chi connectivity index (χ2v) is 7.53. The summed E-state index contributed by atoms with van der Waals surface area (Å²) in [6.07, 6.45) is 0.758. The van der Waals surface area contributed by atoms with E-state index in [1.165, 1.54) is 9.58 Å². The molecule has 0 saturated carbocycles. The van der Waals surface area contributed by atoms with Crippen LogP contribution in [0.3, 0.4) is 0 Å². The first-order chi connectivity index (χ1) is 11.7. The number of imide groups is 1. The van der Waals surface area contributed by atoms with Gasteiger partial charge in [-0.1, -0.05) is 0 Å². The van der Waals surface area contributed by atoms with Gasteiger partial charge in [0.15, 0.2) is 0 Å². The van der Waals surface area contributed by atoms with Crippen molar-refractivity contribution >= 4 is 11.9 Å². The van der Waals surface area contributed by atoms with Crippen molar-refractivity contribution < 1.29 is 9.59 Å². The van der Waals surface area contributed by atoms with E-state index >= 15 is 0 Å². The van der Waals surface area contributed by atoms with Crippen LogP contribution >= 0.6 is 0 Å². The smallest absolute Gasteiger partial charge is 0.324 e. The van der Waals surface area contributed by atoms with Crippen LogP contribution in [0.2, 0.25) is 0 Å². The van der Waals surface area contributed by atoms with E-state index in [2.05, 4.69) is 15.3 Å². The van der Waals surface area contributed by atoms with Crippen LogP contribution in [-0.4, -0.2) is 56.7 Å². The molecule has 2 aliphatic heterocycles. The molecule has 136 valence electrons. The van der Waals surface area contributed by atoms with E-state index in [9.17, 15) is 14.4 Å². The highest BCUT2D eigenvalue weighted by Crippen LogP contribution is 2.18. The van der Waals surface area contributed by atoms with Crippen molar-refractivity contribution in [1.29, 1.82) is 0 Å². The molecular weight excluding hydrogens is 322 g/mol. The van der Waals surface area contributed by atoms with Crippen LogP contribution in [0.5, 0.6) is 0 Å². The number of carbonyl (C=O) groups is 2. The maximum absolute atomic E-state index is 12.2. The average molecular weight is 347 g/mol. The highest BCUT2D eigenvalue weighted by atomic mass is 16.2. The number of fused-ring (bicyclic) bond motifs is 1. The van der Waals surface area contributed by atoms with Gasteiger partial charge in [0.1, 0.15) is 5.54 Å². The minimum atomic E-state index is -0.836. The summed E-state index contributed by atoms with van der Waals surface area (Å²) in [6.45, 7) is 9.63. The Labute approximate surface area is 146 Å². The van der Waals surface area contributed by atoms with E-state index in [1.54, 1.807) is 19.9 Å². The van der Waals surface area contributed by atoms with Crippen LogP contribution in [0.25, 0.3) is 0 Å². The van der Waals surface area contributed by atoms with Gasteiger partial charge in [-0.25, -0.2) is 9.48 Å². The summed E-state index contributed by atoms with van der Waals surface area (Å²) in [4.78, 5) is 39.7. The first-order valence-electron chi connectivity index (χ1n) is 8.67. The maximum Gasteiger partial charge on any atom is 0.325 e. The fraction of sp³-hybridized carbons (Fsp3) is 0.647. The molecular formula is C17H25N5O3. The molecule has 0 unspecified atom stereocenters. The molecule has 0 atom stereocenters. The number of nitrogens with one attached hydrogen (secondary N) is 1. The van der Waals surface area contributed by atoms with Crippen LogP contribution in [0.15, 0.2) is 10.9 Å². The summed E-state index contributed by atoms with van der Waals surface area (Å²) >= 11 is 0. The third kappa shape index (κ3) is 3.30. The van der Waals surface area contributed by atoms with Gasteiger partial charge in [-0.2, -0.15) is 5.10 Å². The largest absolute Gasteiger partial charge is 0.325 e. The van der Waals surface area contributed by atoms with Crippen LogP contribution in [0.1, 0.15) is 45.0 Å². The normalized spacial score (nSPS) is 20.1. The molecule has 1 N–H and O–H groups in total. The van der Waals surface area contributed by atoms with Crippen molar-refractivity contribution in [2.24, 2.45) is 0 Å². The Morgan fingerprint density at radius 3 is 2.56 bits per heavy atom. The molecule has 2 aliphatic rings. The SMILES string of the molecule is CC(C)n1nc2c(cc1=O)CN(CCN1C(=O)NC(C)(C)C1=O)CC2. The molecule has 3 amide bonds. The van der Waals surface area contributed by atoms with E-state index in [0.717, 1.165) is 24.2 Å². The topological polar surface area (TPSA) is 87.5 Å². The van der Waals surface area contributed by atoms with Crippen molar-refractivity contribution in [2.45, 2.75) is 52.2 Å². The second-order valence-electron chi connectivity index (χ2n) is 7.53. The van der Waals surface area contributed by atoms with Gasteiger partial charge in [-0.15, -0.1) is 0 Å². The Morgan fingerprint density at radius 1 is 1.24 bits per heavy atom. The van der Waals surface area contributed by atoms with Crippen molar-refractivity contribution in [2.75, 3.05) is 19.6 Å². The van der Waals surface area contributed by atoms with Crippen LogP contribution in [-0.2, 0) is 17.8 Å². The van der Waals surface area contributed by atoms with Crippen LogP contribution < -0.4 is 10.9 Å². The zero-order chi connectivity index (χ0) is 18.4. The Morgan fingerprint density at radius 2 is 1.96 bits per heavy atom. The first kappa shape index (κ1) is 17.6. The first-order valence-corrected chi connectivity index (χ1v) is 8.67. The number of hydrogen-bond donors (Lipinski definition) is 1. The van der Waals surface area contributed by atoms with Gasteiger partial charge in [0.25, 0.3) is 11.5 Å². The lowest BCUT2D eigenvalue weighted by atomic mass is 10.1. The molecule has 1 saturated heterocycles. The second kappa shape index (κ2) is 6.25. The molecule has 0 aliphatic carbocycles. The van der Waals surface area contributed by atoms with Crippen molar-refractivity contribution in [1.82, 2.24) is 24.9 Å². The molecule has 0 bridgehead atoms. The fourth-order valence-electron chi connectivity index (χ4n) is 3.30. The number of amides is 3. The molecule has 8 heteroatoms. The number of rotatable bonds is 4. The molecule has 1 aromatic rings. The lowest BCUT2D eigenvalue weighted by Gasteiger charge is -2.29. The Kier molecular flexibility index (Phi) is 4.40. The molecule has 3 rings (SSSR count). The Balaban J connectivity index is 1.66. The van der Waals surface area contributed by atoms with Crippen molar-refractivity contribution in [3.8, 4) is 0 Å². The minimum Gasteiger partial charge on any atom is -0.324 e. The standard InChI is InChI=1S/C17H25N5O3/c1-11(2)22-14(23)9-12-10-20(6-5-13(12)19-22)7-8-21-15(24)17(3,4)18-16(21)25/h9,11H,5-8,10H2,1-4H3,(H,18,25). The lowest BCUT2D eigenvalue weighted by molar-refractivity contribution is -0.130. The lowest BCUT2D eigenvalue weighted by Crippen LogP contribution is -2.43. The maximum atomic E-state index is 12.2. The zero-order valence-corrected chi connectivity index (χ0v) is 15.2. The predicted molar refractivity (Wildman–Crippen MR) is 92.2 cm³/mol. The molecule has 8 nitrogen and oxygen atoms in total. The van der Waals surface area contributed by atoms with Crippen LogP contribution in [0.4, 0.5) is 4.79 Å². The van der Waals surface area contributed by atoms with Gasteiger partial charge in [0.05, 0.1) is 11.7 Å². The van der Waals surface area contributed by atoms with E-state index < -0.39 is 5.54 Å². The Hall–Kier alpha value is -2.22. The summed E-state index contributed by atoms with van der Waals surface area (Å²) in [7, 11) is 0. The van der Waals surface area contributed by atoms with Gasteiger partial charge in [-0.05, 0) is 33.3 Å². The molecule has 0 radical (unpaired) electrons. The number of nitrogens with zero attached hydrogens (tertiary/aromatic N) is 4. The highest BCUT2D eigenvalue weighted by molar-refractivity contribution is 6.06. The average Bonchev–Trinajstić information content (AvgIpc) is 2.72. The zero-order valence-electron chi connectivity index (χ0n) is 15.2. The van der Waals surface area contributed by atoms with Crippen molar-refractivity contribution in [3.05, 3.63) is 27.7 Å². The number of aromatic nitrogens is 2. The predicted octanol–water partition coefficient (Wildman–Crippen LogP) is 0.513. The molecule has 0 aromatic carbocycles. The summed E-state index contributed by atoms with van der Waals surface area (Å²) in [6, 6.07) is 1.36. The molecule has 1 fully saturated rings. The Bertz CT molecular complexity index is 768. The van der Waals surface area contributed by atoms with Gasteiger partial charge in [0, 0.05) is 38.7 Å². The van der Waals surface area contributed by atoms with E-state index in [4.69, 9.17) is 0 Å². The fourth-order valence-corrected chi connectivity index (χ4v) is 3.30. The summed E-state index contributed by atoms with van der Waals surface area (Å²) in [5.74, 6) is -0.198. The molecule has 0 spiro atoms. The van der Waals surface area contributed by atoms with Gasteiger partial charge >= 0.3 is 6.03 Å². The third-order valence-corrected chi connectivity index (χ3v) is 4.75. The molecule has 3 heterocycles. The van der Waals surface area contributed by atoms with Crippen molar-refractivity contribution in [3.63, 3.8) is 0 Å². The highest BCUT2D eigenvalue weighted by Gasteiger charge is 2.44. The molecule has 25 heavy (non-hydrogen) atoms. The molecule has 1 aromatic heterocycles. The number of urea groups is 1. The number of hydrogen-bond acceptors (Lipinski definition) is 5. The monoisotopic (exact) mass is 347 g/mol. The quantitative estimate of drug-likeness (QED) is 0.802. The van der Waals surface area contributed by atoms with Gasteiger partial charge in [-0.3, -0.25) is 19.4 Å². The van der Waals surface area contributed by atoms with E-state index in [0.29, 0.717) is 19.6 Å². The van der Waals surface area contributed by atoms with Gasteiger partial charge in [0.2, 0.25) is 0 Å².